The molecule has 15 heteroatoms. The third-order valence-corrected chi connectivity index (χ3v) is 10.0. The lowest BCUT2D eigenvalue weighted by Gasteiger charge is -2.27. The van der Waals surface area contributed by atoms with Crippen LogP contribution < -0.4 is 25.4 Å². The molecule has 0 heterocycles. The minimum absolute atomic E-state index is 0.00978. The Balaban J connectivity index is 0.964. The number of hydrogen-bond donors (Lipinski definition) is 3. The molecule has 0 atom stereocenters. The fraction of sp³-hybridized carbons (Fsp3) is 0.308. The van der Waals surface area contributed by atoms with Crippen molar-refractivity contribution in [3.63, 3.8) is 0 Å². The third kappa shape index (κ3) is 10.7. The quantitative estimate of drug-likeness (QED) is 0.0803. The smallest absolute Gasteiger partial charge is 0.333 e. The summed E-state index contributed by atoms with van der Waals surface area (Å²) >= 11 is 25.5. The van der Waals surface area contributed by atoms with E-state index in [1.54, 1.807) is 12.1 Å². The summed E-state index contributed by atoms with van der Waals surface area (Å²) in [6.45, 7) is -0.681. The number of halogens is 6. The van der Waals surface area contributed by atoms with E-state index < -0.39 is 36.0 Å². The van der Waals surface area contributed by atoms with Crippen LogP contribution in [0.1, 0.15) is 65.6 Å². The molecule has 54 heavy (non-hydrogen) atoms. The van der Waals surface area contributed by atoms with Gasteiger partial charge in [-0.1, -0.05) is 46.4 Å². The van der Waals surface area contributed by atoms with Crippen LogP contribution in [0.5, 0.6) is 11.5 Å². The fourth-order valence-electron chi connectivity index (χ4n) is 5.82. The van der Waals surface area contributed by atoms with Crippen molar-refractivity contribution >= 4 is 75.6 Å². The van der Waals surface area contributed by atoms with Crippen molar-refractivity contribution in [2.24, 2.45) is 0 Å². The normalized spacial score (nSPS) is 14.0. The van der Waals surface area contributed by atoms with Crippen molar-refractivity contribution in [1.29, 1.82) is 0 Å². The number of esters is 2. The van der Waals surface area contributed by atoms with Gasteiger partial charge in [-0.15, -0.1) is 0 Å². The van der Waals surface area contributed by atoms with Gasteiger partial charge in [0.1, 0.15) is 31.4 Å². The van der Waals surface area contributed by atoms with Gasteiger partial charge in [-0.25, -0.2) is 13.6 Å². The van der Waals surface area contributed by atoms with Crippen LogP contribution in [0.4, 0.5) is 20.2 Å². The number of anilines is 2. The first kappa shape index (κ1) is 39.4. The second-order valence-corrected chi connectivity index (χ2v) is 14.8. The maximum absolute atomic E-state index is 14.2. The Kier molecular flexibility index (Phi) is 13.1. The largest absolute Gasteiger partial charge is 0.486 e. The Morgan fingerprint density at radius 2 is 1.07 bits per heavy atom. The lowest BCUT2D eigenvalue weighted by atomic mass is 9.93. The molecule has 6 rings (SSSR count). The van der Waals surface area contributed by atoms with E-state index in [0.717, 1.165) is 38.5 Å². The van der Waals surface area contributed by atoms with E-state index >= 15 is 0 Å². The van der Waals surface area contributed by atoms with Crippen LogP contribution in [-0.2, 0) is 34.0 Å². The highest BCUT2D eigenvalue weighted by atomic mass is 35.5. The molecule has 3 N–H and O–H groups in total. The summed E-state index contributed by atoms with van der Waals surface area (Å²) in [6, 6.07) is 15.3. The van der Waals surface area contributed by atoms with E-state index in [9.17, 15) is 23.2 Å². The Hall–Kier alpha value is -4.29. The number of benzene rings is 4. The van der Waals surface area contributed by atoms with Gasteiger partial charge in [0.25, 0.3) is 5.91 Å². The van der Waals surface area contributed by atoms with E-state index in [1.165, 1.54) is 48.5 Å². The lowest BCUT2D eigenvalue weighted by Crippen LogP contribution is -2.32. The van der Waals surface area contributed by atoms with Crippen molar-refractivity contribution in [2.45, 2.75) is 70.2 Å². The molecule has 2 fully saturated rings. The van der Waals surface area contributed by atoms with Crippen LogP contribution in [0.15, 0.2) is 60.7 Å². The molecule has 4 aromatic carbocycles. The number of nitrogens with one attached hydrogen (secondary N) is 3. The molecular weight excluding hydrogens is 786 g/mol. The fourth-order valence-corrected chi connectivity index (χ4v) is 7.06. The summed E-state index contributed by atoms with van der Waals surface area (Å²) in [7, 11) is 0. The van der Waals surface area contributed by atoms with Gasteiger partial charge in [-0.05, 0) is 116 Å². The van der Waals surface area contributed by atoms with Crippen molar-refractivity contribution < 1.29 is 37.4 Å². The monoisotopic (exact) mass is 819 g/mol. The van der Waals surface area contributed by atoms with Crippen LogP contribution in [0, 0.1) is 11.6 Å². The molecule has 0 bridgehead atoms. The summed E-state index contributed by atoms with van der Waals surface area (Å²) in [5.74, 6) is -3.25. The predicted octanol–water partition coefficient (Wildman–Crippen LogP) is 9.71. The molecule has 2 saturated carbocycles. The van der Waals surface area contributed by atoms with Gasteiger partial charge in [-0.3, -0.25) is 9.59 Å². The van der Waals surface area contributed by atoms with E-state index in [1.807, 2.05) is 0 Å². The molecule has 0 unspecified atom stereocenters. The zero-order valence-electron chi connectivity index (χ0n) is 28.7. The number of rotatable bonds is 15. The van der Waals surface area contributed by atoms with Crippen molar-refractivity contribution in [1.82, 2.24) is 5.32 Å². The van der Waals surface area contributed by atoms with Crippen LogP contribution >= 0.6 is 46.4 Å². The van der Waals surface area contributed by atoms with Gasteiger partial charge in [-0.2, -0.15) is 0 Å². The van der Waals surface area contributed by atoms with Gasteiger partial charge >= 0.3 is 11.9 Å². The zero-order chi connectivity index (χ0) is 38.4. The van der Waals surface area contributed by atoms with E-state index in [0.29, 0.717) is 40.1 Å². The number of hydrogen-bond acceptors (Lipinski definition) is 8. The highest BCUT2D eigenvalue weighted by Crippen LogP contribution is 2.37. The summed E-state index contributed by atoms with van der Waals surface area (Å²) in [5.41, 5.74) is 2.80. The molecule has 1 amide bonds. The zero-order valence-corrected chi connectivity index (χ0v) is 31.7. The maximum atomic E-state index is 14.2. The summed E-state index contributed by atoms with van der Waals surface area (Å²) < 4.78 is 44.8. The molecule has 9 nitrogen and oxygen atoms in total. The number of carbonyl (C=O) groups excluding carboxylic acids is 3. The summed E-state index contributed by atoms with van der Waals surface area (Å²) in [5, 5.41) is 9.18. The van der Waals surface area contributed by atoms with Gasteiger partial charge in [0.2, 0.25) is 0 Å². The topological polar surface area (TPSA) is 115 Å². The van der Waals surface area contributed by atoms with Crippen molar-refractivity contribution in [3.05, 3.63) is 115 Å². The van der Waals surface area contributed by atoms with Crippen LogP contribution in [-0.4, -0.2) is 36.5 Å². The summed E-state index contributed by atoms with van der Waals surface area (Å²) in [6.07, 6.45) is 6.07. The van der Waals surface area contributed by atoms with Crippen molar-refractivity contribution in [2.75, 3.05) is 17.2 Å². The number of amides is 1. The van der Waals surface area contributed by atoms with Crippen molar-refractivity contribution in [3.8, 4) is 11.5 Å². The van der Waals surface area contributed by atoms with Gasteiger partial charge in [0.15, 0.2) is 11.5 Å². The average molecular weight is 822 g/mol. The SMILES string of the molecule is O=C(CNC(=O)c1cc(Cl)c(OCc2cc(F)cc(NC3CCC3)c2)c(Cl)c1)OC(=O)Cc1cc(Cl)c(OCc2cc(F)cc(NC3CCC3)c2)c(Cl)c1. The van der Waals surface area contributed by atoms with E-state index in [-0.39, 0.29) is 56.8 Å². The van der Waals surface area contributed by atoms with Gasteiger partial charge in [0.05, 0.1) is 26.5 Å². The molecule has 0 radical (unpaired) electrons. The first-order chi connectivity index (χ1) is 25.9. The Bertz CT molecular complexity index is 2020. The minimum atomic E-state index is -1.02. The Morgan fingerprint density at radius 1 is 0.611 bits per heavy atom. The molecule has 284 valence electrons. The first-order valence-corrected chi connectivity index (χ1v) is 18.8. The average Bonchev–Trinajstić information content (AvgIpc) is 3.05. The highest BCUT2D eigenvalue weighted by Gasteiger charge is 2.21. The van der Waals surface area contributed by atoms with Crippen LogP contribution in [0.3, 0.4) is 0 Å². The van der Waals surface area contributed by atoms with Crippen LogP contribution in [0.2, 0.25) is 20.1 Å². The standard InChI is InChI=1S/C39H35Cl4F2N3O6/c40-31-11-21(12-32(41)37(31)52-19-22-7-25(44)16-29(9-22)47-27-3-1-4-27)13-35(49)54-36(50)18-46-39(51)24-14-33(42)38(34(43)15-24)53-20-23-8-26(45)17-30(10-23)48-28-5-2-6-28/h7-12,14-17,27-28,47-48H,1-6,13,18-20H2,(H,46,51). The number of carbonyl (C=O) groups is 3. The molecule has 0 saturated heterocycles. The molecule has 0 spiro atoms. The first-order valence-electron chi connectivity index (χ1n) is 17.2. The Morgan fingerprint density at radius 3 is 1.52 bits per heavy atom. The lowest BCUT2D eigenvalue weighted by molar-refractivity contribution is -0.158. The molecule has 2 aliphatic carbocycles. The molecule has 0 aromatic heterocycles. The molecule has 4 aromatic rings. The third-order valence-electron chi connectivity index (χ3n) is 8.92. The highest BCUT2D eigenvalue weighted by molar-refractivity contribution is 6.38. The number of ether oxygens (including phenoxy) is 3. The van der Waals surface area contributed by atoms with Gasteiger partial charge < -0.3 is 30.2 Å². The second-order valence-electron chi connectivity index (χ2n) is 13.2. The van der Waals surface area contributed by atoms with E-state index in [4.69, 9.17) is 60.6 Å². The van der Waals surface area contributed by atoms with E-state index in [2.05, 4.69) is 16.0 Å². The second kappa shape index (κ2) is 17.9. The maximum Gasteiger partial charge on any atom is 0.333 e. The Labute approximate surface area is 330 Å². The predicted molar refractivity (Wildman–Crippen MR) is 204 cm³/mol. The summed E-state index contributed by atoms with van der Waals surface area (Å²) in [4.78, 5) is 37.7. The van der Waals surface area contributed by atoms with Gasteiger partial charge in [0, 0.05) is 29.0 Å². The molecule has 2 aliphatic rings. The molecule has 0 aliphatic heterocycles. The van der Waals surface area contributed by atoms with Crippen LogP contribution in [0.25, 0.3) is 0 Å². The minimum Gasteiger partial charge on any atom is -0.486 e. The molecular formula is C39H35Cl4F2N3O6.